The maximum absolute atomic E-state index is 6.18. The van der Waals surface area contributed by atoms with Gasteiger partial charge in [-0.1, -0.05) is 33.6 Å². The number of rotatable bonds is 6. The summed E-state index contributed by atoms with van der Waals surface area (Å²) in [6.45, 7) is 11.4. The minimum absolute atomic E-state index is 0.275. The van der Waals surface area contributed by atoms with Crippen molar-refractivity contribution in [2.45, 2.75) is 77.8 Å². The second-order valence-electron chi connectivity index (χ2n) is 6.11. The molecule has 0 aromatic heterocycles. The van der Waals surface area contributed by atoms with E-state index in [1.54, 1.807) is 0 Å². The molecule has 2 unspecified atom stereocenters. The van der Waals surface area contributed by atoms with Crippen molar-refractivity contribution in [2.75, 3.05) is 13.1 Å². The van der Waals surface area contributed by atoms with Gasteiger partial charge < -0.3 is 5.73 Å². The highest BCUT2D eigenvalue weighted by Gasteiger charge is 2.38. The molecule has 2 atom stereocenters. The van der Waals surface area contributed by atoms with Gasteiger partial charge in [-0.25, -0.2) is 0 Å². The van der Waals surface area contributed by atoms with E-state index >= 15 is 0 Å². The average molecular weight is 240 g/mol. The zero-order valence-electron chi connectivity index (χ0n) is 12.3. The third kappa shape index (κ3) is 3.45. The van der Waals surface area contributed by atoms with Gasteiger partial charge in [-0.3, -0.25) is 4.90 Å². The molecule has 0 saturated carbocycles. The Labute approximate surface area is 108 Å². The Hall–Kier alpha value is -0.0800. The number of likely N-dealkylation sites (tertiary alicyclic amines) is 1. The van der Waals surface area contributed by atoms with Crippen LogP contribution in [0.15, 0.2) is 0 Å². The summed E-state index contributed by atoms with van der Waals surface area (Å²) in [6.07, 6.45) is 7.74. The van der Waals surface area contributed by atoms with Crippen LogP contribution >= 0.6 is 0 Å². The molecule has 102 valence electrons. The normalized spacial score (nSPS) is 27.4. The fourth-order valence-electron chi connectivity index (χ4n) is 3.61. The van der Waals surface area contributed by atoms with Crippen molar-refractivity contribution >= 4 is 0 Å². The Kier molecular flexibility index (Phi) is 5.94. The molecule has 1 aliphatic rings. The van der Waals surface area contributed by atoms with Gasteiger partial charge in [-0.2, -0.15) is 0 Å². The maximum Gasteiger partial charge on any atom is 0.0334 e. The molecule has 1 aliphatic heterocycles. The second kappa shape index (κ2) is 6.75. The van der Waals surface area contributed by atoms with Crippen LogP contribution in [-0.4, -0.2) is 29.6 Å². The van der Waals surface area contributed by atoms with Crippen LogP contribution in [0.1, 0.15) is 66.2 Å². The van der Waals surface area contributed by atoms with Gasteiger partial charge in [0.2, 0.25) is 0 Å². The molecule has 2 heteroatoms. The molecule has 1 heterocycles. The van der Waals surface area contributed by atoms with Crippen molar-refractivity contribution in [3.05, 3.63) is 0 Å². The standard InChI is InChI=1S/C15H32N2/c1-5-9-15(12-16,10-6-2)17-11-13(3)7-8-14(17)4/h13-14H,5-12,16H2,1-4H3. The van der Waals surface area contributed by atoms with Crippen LogP contribution in [-0.2, 0) is 0 Å². The third-order valence-corrected chi connectivity index (χ3v) is 4.54. The van der Waals surface area contributed by atoms with Crippen molar-refractivity contribution in [3.63, 3.8) is 0 Å². The first-order chi connectivity index (χ1) is 8.09. The Morgan fingerprint density at radius 3 is 2.18 bits per heavy atom. The minimum atomic E-state index is 0.275. The molecule has 0 aromatic rings. The number of hydrogen-bond acceptors (Lipinski definition) is 2. The van der Waals surface area contributed by atoms with Gasteiger partial charge in [0.15, 0.2) is 0 Å². The predicted octanol–water partition coefficient (Wildman–Crippen LogP) is 3.40. The fraction of sp³-hybridized carbons (Fsp3) is 1.00. The lowest BCUT2D eigenvalue weighted by atomic mass is 9.81. The highest BCUT2D eigenvalue weighted by Crippen LogP contribution is 2.34. The Bertz CT molecular complexity index is 209. The molecule has 0 spiro atoms. The molecule has 0 amide bonds. The van der Waals surface area contributed by atoms with E-state index in [1.807, 2.05) is 0 Å². The molecule has 0 bridgehead atoms. The van der Waals surface area contributed by atoms with E-state index in [0.29, 0.717) is 6.04 Å². The van der Waals surface area contributed by atoms with Gasteiger partial charge in [-0.15, -0.1) is 0 Å². The van der Waals surface area contributed by atoms with Crippen LogP contribution in [0.4, 0.5) is 0 Å². The lowest BCUT2D eigenvalue weighted by Crippen LogP contribution is -2.59. The van der Waals surface area contributed by atoms with E-state index in [2.05, 4.69) is 32.6 Å². The molecule has 0 aromatic carbocycles. The molecule has 17 heavy (non-hydrogen) atoms. The zero-order chi connectivity index (χ0) is 12.9. The fourth-order valence-corrected chi connectivity index (χ4v) is 3.61. The highest BCUT2D eigenvalue weighted by atomic mass is 15.2. The Morgan fingerprint density at radius 2 is 1.71 bits per heavy atom. The van der Waals surface area contributed by atoms with Crippen LogP contribution in [0.2, 0.25) is 0 Å². The van der Waals surface area contributed by atoms with Crippen molar-refractivity contribution in [3.8, 4) is 0 Å². The SMILES string of the molecule is CCCC(CN)(CCC)N1CC(C)CCC1C. The molecule has 2 nitrogen and oxygen atoms in total. The highest BCUT2D eigenvalue weighted by molar-refractivity contribution is 4.96. The van der Waals surface area contributed by atoms with Crippen LogP contribution in [0.25, 0.3) is 0 Å². The lowest BCUT2D eigenvalue weighted by Gasteiger charge is -2.50. The first kappa shape index (κ1) is 15.0. The van der Waals surface area contributed by atoms with Crippen LogP contribution < -0.4 is 5.73 Å². The van der Waals surface area contributed by atoms with E-state index in [4.69, 9.17) is 5.73 Å². The molecule has 1 fully saturated rings. The number of piperidine rings is 1. The lowest BCUT2D eigenvalue weighted by molar-refractivity contribution is -0.00169. The summed E-state index contributed by atoms with van der Waals surface area (Å²) in [6, 6.07) is 0.716. The van der Waals surface area contributed by atoms with Gasteiger partial charge >= 0.3 is 0 Å². The third-order valence-electron chi connectivity index (χ3n) is 4.54. The molecule has 2 N–H and O–H groups in total. The average Bonchev–Trinajstić information content (AvgIpc) is 2.32. The van der Waals surface area contributed by atoms with Crippen LogP contribution in [0, 0.1) is 5.92 Å². The number of nitrogens with zero attached hydrogens (tertiary/aromatic N) is 1. The van der Waals surface area contributed by atoms with E-state index in [9.17, 15) is 0 Å². The number of hydrogen-bond donors (Lipinski definition) is 1. The van der Waals surface area contributed by atoms with Gasteiger partial charge in [0.05, 0.1) is 0 Å². The topological polar surface area (TPSA) is 29.3 Å². The van der Waals surface area contributed by atoms with Crippen molar-refractivity contribution < 1.29 is 0 Å². The predicted molar refractivity (Wildman–Crippen MR) is 76.2 cm³/mol. The maximum atomic E-state index is 6.18. The summed E-state index contributed by atoms with van der Waals surface area (Å²) < 4.78 is 0. The van der Waals surface area contributed by atoms with E-state index in [1.165, 1.54) is 45.1 Å². The van der Waals surface area contributed by atoms with Crippen molar-refractivity contribution in [1.29, 1.82) is 0 Å². The van der Waals surface area contributed by atoms with Crippen molar-refractivity contribution in [2.24, 2.45) is 11.7 Å². The van der Waals surface area contributed by atoms with Crippen LogP contribution in [0.3, 0.4) is 0 Å². The van der Waals surface area contributed by atoms with E-state index < -0.39 is 0 Å². The van der Waals surface area contributed by atoms with Crippen molar-refractivity contribution in [1.82, 2.24) is 4.90 Å². The molecule has 1 saturated heterocycles. The summed E-state index contributed by atoms with van der Waals surface area (Å²) >= 11 is 0. The molecular weight excluding hydrogens is 208 g/mol. The molecule has 0 aliphatic carbocycles. The summed E-state index contributed by atoms with van der Waals surface area (Å²) in [5.41, 5.74) is 6.45. The van der Waals surface area contributed by atoms with E-state index in [-0.39, 0.29) is 5.54 Å². The number of nitrogens with two attached hydrogens (primary N) is 1. The largest absolute Gasteiger partial charge is 0.329 e. The van der Waals surface area contributed by atoms with E-state index in [0.717, 1.165) is 12.5 Å². The summed E-state index contributed by atoms with van der Waals surface area (Å²) in [5.74, 6) is 0.839. The smallest absolute Gasteiger partial charge is 0.0334 e. The molecular formula is C15H32N2. The first-order valence-corrected chi connectivity index (χ1v) is 7.56. The summed E-state index contributed by atoms with van der Waals surface area (Å²) in [7, 11) is 0. The van der Waals surface area contributed by atoms with Gasteiger partial charge in [0, 0.05) is 24.7 Å². The summed E-state index contributed by atoms with van der Waals surface area (Å²) in [4.78, 5) is 2.74. The Morgan fingerprint density at radius 1 is 1.12 bits per heavy atom. The molecule has 0 radical (unpaired) electrons. The molecule has 1 rings (SSSR count). The van der Waals surface area contributed by atoms with Gasteiger partial charge in [0.1, 0.15) is 0 Å². The Balaban J connectivity index is 2.85. The van der Waals surface area contributed by atoms with Crippen LogP contribution in [0.5, 0.6) is 0 Å². The van der Waals surface area contributed by atoms with Gasteiger partial charge in [0.25, 0.3) is 0 Å². The summed E-state index contributed by atoms with van der Waals surface area (Å²) in [5, 5.41) is 0. The zero-order valence-corrected chi connectivity index (χ0v) is 12.3. The monoisotopic (exact) mass is 240 g/mol. The van der Waals surface area contributed by atoms with Gasteiger partial charge in [-0.05, 0) is 38.5 Å². The second-order valence-corrected chi connectivity index (χ2v) is 6.11. The minimum Gasteiger partial charge on any atom is -0.329 e. The first-order valence-electron chi connectivity index (χ1n) is 7.56. The quantitative estimate of drug-likeness (QED) is 0.771.